The van der Waals surface area contributed by atoms with Gasteiger partial charge in [0.2, 0.25) is 0 Å². The molecule has 0 amide bonds. The molecule has 1 fully saturated rings. The van der Waals surface area contributed by atoms with E-state index in [9.17, 15) is 9.90 Å². The van der Waals surface area contributed by atoms with Crippen LogP contribution in [-0.4, -0.2) is 18.2 Å². The quantitative estimate of drug-likeness (QED) is 0.874. The highest BCUT2D eigenvalue weighted by Gasteiger charge is 2.47. The number of aryl methyl sites for hydroxylation is 1. The Morgan fingerprint density at radius 3 is 2.41 bits per heavy atom. The molecule has 1 aliphatic rings. The smallest absolute Gasteiger partial charge is 0.314 e. The van der Waals surface area contributed by atoms with Crippen LogP contribution in [0, 0.1) is 13.8 Å². The van der Waals surface area contributed by atoms with Crippen molar-refractivity contribution in [2.45, 2.75) is 38.5 Å². The van der Waals surface area contributed by atoms with Gasteiger partial charge < -0.3 is 9.84 Å². The molecule has 0 bridgehead atoms. The van der Waals surface area contributed by atoms with Crippen LogP contribution in [0.5, 0.6) is 5.75 Å². The molecule has 0 heterocycles. The average molecular weight is 234 g/mol. The second-order valence-electron chi connectivity index (χ2n) is 4.83. The SMILES string of the molecule is COc1c(C2(C(=O)O)CCC2)ccc(C)c1C. The normalized spacial score (nSPS) is 17.4. The van der Waals surface area contributed by atoms with Crippen molar-refractivity contribution in [3.05, 3.63) is 28.8 Å². The van der Waals surface area contributed by atoms with Gasteiger partial charge in [-0.3, -0.25) is 4.79 Å². The summed E-state index contributed by atoms with van der Waals surface area (Å²) in [5.74, 6) is 0.0115. The first-order valence-corrected chi connectivity index (χ1v) is 5.91. The van der Waals surface area contributed by atoms with E-state index in [1.807, 2.05) is 26.0 Å². The topological polar surface area (TPSA) is 46.5 Å². The second kappa shape index (κ2) is 4.06. The summed E-state index contributed by atoms with van der Waals surface area (Å²) in [4.78, 5) is 11.5. The van der Waals surface area contributed by atoms with Gasteiger partial charge in [0, 0.05) is 5.56 Å². The Bertz CT molecular complexity index is 459. The van der Waals surface area contributed by atoms with Crippen molar-refractivity contribution >= 4 is 5.97 Å². The molecule has 0 aromatic heterocycles. The maximum absolute atomic E-state index is 11.5. The molecule has 0 spiro atoms. The molecule has 0 radical (unpaired) electrons. The first-order valence-electron chi connectivity index (χ1n) is 5.91. The highest BCUT2D eigenvalue weighted by atomic mass is 16.5. The van der Waals surface area contributed by atoms with Gasteiger partial charge in [0.15, 0.2) is 0 Å². The van der Waals surface area contributed by atoms with Gasteiger partial charge in [-0.1, -0.05) is 18.6 Å². The van der Waals surface area contributed by atoms with Gasteiger partial charge in [0.25, 0.3) is 0 Å². The minimum Gasteiger partial charge on any atom is -0.496 e. The van der Waals surface area contributed by atoms with E-state index in [0.717, 1.165) is 28.9 Å². The summed E-state index contributed by atoms with van der Waals surface area (Å²) in [7, 11) is 1.61. The minimum absolute atomic E-state index is 0.710. The Hall–Kier alpha value is -1.51. The first-order chi connectivity index (χ1) is 8.03. The summed E-state index contributed by atoms with van der Waals surface area (Å²) in [5.41, 5.74) is 2.29. The lowest BCUT2D eigenvalue weighted by Gasteiger charge is -2.39. The molecule has 0 saturated heterocycles. The predicted molar refractivity (Wildman–Crippen MR) is 65.6 cm³/mol. The zero-order chi connectivity index (χ0) is 12.6. The van der Waals surface area contributed by atoms with Gasteiger partial charge >= 0.3 is 5.97 Å². The maximum atomic E-state index is 11.5. The Kier molecular flexibility index (Phi) is 2.86. The van der Waals surface area contributed by atoms with E-state index < -0.39 is 11.4 Å². The summed E-state index contributed by atoms with van der Waals surface area (Å²) < 4.78 is 5.43. The number of rotatable bonds is 3. The zero-order valence-electron chi connectivity index (χ0n) is 10.5. The third-order valence-corrected chi connectivity index (χ3v) is 4.01. The van der Waals surface area contributed by atoms with Gasteiger partial charge in [-0.2, -0.15) is 0 Å². The standard InChI is InChI=1S/C14H18O3/c1-9-5-6-11(12(17-3)10(9)2)14(13(15)16)7-4-8-14/h5-6H,4,7-8H2,1-3H3,(H,15,16). The molecule has 1 aromatic rings. The number of ether oxygens (including phenoxy) is 1. The molecular weight excluding hydrogens is 216 g/mol. The second-order valence-corrected chi connectivity index (χ2v) is 4.83. The van der Waals surface area contributed by atoms with E-state index in [0.29, 0.717) is 12.8 Å². The van der Waals surface area contributed by atoms with Gasteiger partial charge in [-0.25, -0.2) is 0 Å². The molecular formula is C14H18O3. The molecule has 1 saturated carbocycles. The summed E-state index contributed by atoms with van der Waals surface area (Å²) in [6, 6.07) is 3.89. The Morgan fingerprint density at radius 2 is 2.00 bits per heavy atom. The number of benzene rings is 1. The highest BCUT2D eigenvalue weighted by molar-refractivity contribution is 5.84. The van der Waals surface area contributed by atoms with Gasteiger partial charge in [0.05, 0.1) is 12.5 Å². The number of hydrogen-bond acceptors (Lipinski definition) is 2. The van der Waals surface area contributed by atoms with E-state index in [-0.39, 0.29) is 0 Å². The number of carboxylic acid groups (broad SMARTS) is 1. The summed E-state index contributed by atoms with van der Waals surface area (Å²) in [5, 5.41) is 9.46. The van der Waals surface area contributed by atoms with Crippen molar-refractivity contribution in [3.8, 4) is 5.75 Å². The van der Waals surface area contributed by atoms with E-state index in [4.69, 9.17) is 4.74 Å². The number of hydrogen-bond donors (Lipinski definition) is 1. The van der Waals surface area contributed by atoms with Crippen LogP contribution in [0.3, 0.4) is 0 Å². The van der Waals surface area contributed by atoms with Crippen LogP contribution in [0.2, 0.25) is 0 Å². The Balaban J connectivity index is 2.59. The van der Waals surface area contributed by atoms with Crippen molar-refractivity contribution in [3.63, 3.8) is 0 Å². The van der Waals surface area contributed by atoms with Gasteiger partial charge in [-0.05, 0) is 37.8 Å². The van der Waals surface area contributed by atoms with E-state index in [2.05, 4.69) is 0 Å². The monoisotopic (exact) mass is 234 g/mol. The fourth-order valence-electron chi connectivity index (χ4n) is 2.56. The van der Waals surface area contributed by atoms with Crippen LogP contribution in [0.4, 0.5) is 0 Å². The van der Waals surface area contributed by atoms with Crippen LogP contribution in [0.1, 0.15) is 36.0 Å². The lowest BCUT2D eigenvalue weighted by atomic mass is 9.64. The maximum Gasteiger partial charge on any atom is 0.314 e. The number of methoxy groups -OCH3 is 1. The summed E-state index contributed by atoms with van der Waals surface area (Å²) in [6.07, 6.45) is 2.39. The van der Waals surface area contributed by atoms with Crippen LogP contribution in [-0.2, 0) is 10.2 Å². The van der Waals surface area contributed by atoms with Gasteiger partial charge in [-0.15, -0.1) is 0 Å². The zero-order valence-corrected chi connectivity index (χ0v) is 10.5. The summed E-state index contributed by atoms with van der Waals surface area (Å²) >= 11 is 0. The molecule has 17 heavy (non-hydrogen) atoms. The third kappa shape index (κ3) is 1.61. The van der Waals surface area contributed by atoms with E-state index in [1.165, 1.54) is 0 Å². The number of carboxylic acids is 1. The molecule has 0 unspecified atom stereocenters. The third-order valence-electron chi connectivity index (χ3n) is 4.01. The Morgan fingerprint density at radius 1 is 1.35 bits per heavy atom. The molecule has 1 aliphatic carbocycles. The van der Waals surface area contributed by atoms with Crippen LogP contribution in [0.15, 0.2) is 12.1 Å². The fraction of sp³-hybridized carbons (Fsp3) is 0.500. The van der Waals surface area contributed by atoms with Crippen LogP contribution >= 0.6 is 0 Å². The Labute approximate surface area is 101 Å². The molecule has 0 atom stereocenters. The average Bonchev–Trinajstić information content (AvgIpc) is 2.21. The molecule has 2 rings (SSSR count). The van der Waals surface area contributed by atoms with Crippen molar-refractivity contribution in [2.75, 3.05) is 7.11 Å². The lowest BCUT2D eigenvalue weighted by molar-refractivity contribution is -0.147. The molecule has 92 valence electrons. The highest BCUT2D eigenvalue weighted by Crippen LogP contribution is 2.48. The van der Waals surface area contributed by atoms with E-state index in [1.54, 1.807) is 7.11 Å². The van der Waals surface area contributed by atoms with Crippen molar-refractivity contribution in [2.24, 2.45) is 0 Å². The molecule has 3 heteroatoms. The van der Waals surface area contributed by atoms with Gasteiger partial charge in [0.1, 0.15) is 5.75 Å². The van der Waals surface area contributed by atoms with Crippen molar-refractivity contribution < 1.29 is 14.6 Å². The minimum atomic E-state index is -0.731. The molecule has 1 N–H and O–H groups in total. The summed E-state index contributed by atoms with van der Waals surface area (Å²) in [6.45, 7) is 3.99. The lowest BCUT2D eigenvalue weighted by Crippen LogP contribution is -2.42. The number of carbonyl (C=O) groups is 1. The van der Waals surface area contributed by atoms with Crippen LogP contribution in [0.25, 0.3) is 0 Å². The van der Waals surface area contributed by atoms with Crippen molar-refractivity contribution in [1.29, 1.82) is 0 Å². The first kappa shape index (κ1) is 12.0. The number of aliphatic carboxylic acids is 1. The fourth-order valence-corrected chi connectivity index (χ4v) is 2.56. The largest absolute Gasteiger partial charge is 0.496 e. The van der Waals surface area contributed by atoms with E-state index >= 15 is 0 Å². The van der Waals surface area contributed by atoms with Crippen LogP contribution < -0.4 is 4.74 Å². The van der Waals surface area contributed by atoms with Crippen molar-refractivity contribution in [1.82, 2.24) is 0 Å². The molecule has 3 nitrogen and oxygen atoms in total. The molecule has 0 aliphatic heterocycles. The molecule has 1 aromatic carbocycles. The predicted octanol–water partition coefficient (Wildman–Crippen LogP) is 2.82.